The van der Waals surface area contributed by atoms with E-state index in [1.54, 1.807) is 24.1 Å². The molecule has 2 amide bonds. The lowest BCUT2D eigenvalue weighted by Gasteiger charge is -2.34. The van der Waals surface area contributed by atoms with Crippen molar-refractivity contribution in [1.29, 1.82) is 0 Å². The van der Waals surface area contributed by atoms with E-state index in [-0.39, 0.29) is 23.7 Å². The van der Waals surface area contributed by atoms with Crippen molar-refractivity contribution < 1.29 is 14.3 Å². The summed E-state index contributed by atoms with van der Waals surface area (Å²) < 4.78 is 5.64. The molecule has 0 aliphatic carbocycles. The fourth-order valence-corrected chi connectivity index (χ4v) is 3.09. The largest absolute Gasteiger partial charge is 0.492 e. The van der Waals surface area contributed by atoms with Crippen molar-refractivity contribution >= 4 is 23.4 Å². The van der Waals surface area contributed by atoms with Crippen LogP contribution >= 0.6 is 11.6 Å². The highest BCUT2D eigenvalue weighted by Gasteiger charge is 2.29. The third-order valence-corrected chi connectivity index (χ3v) is 4.79. The van der Waals surface area contributed by atoms with Gasteiger partial charge in [0.1, 0.15) is 12.4 Å². The van der Waals surface area contributed by atoms with E-state index in [0.717, 1.165) is 18.6 Å². The molecule has 138 valence electrons. The van der Waals surface area contributed by atoms with E-state index in [9.17, 15) is 9.59 Å². The molecular weight excluding hydrogens is 340 g/mol. The summed E-state index contributed by atoms with van der Waals surface area (Å²) in [5.41, 5.74) is 0. The highest BCUT2D eigenvalue weighted by molar-refractivity contribution is 6.30. The number of rotatable bonds is 6. The Hall–Kier alpha value is -1.75. The third-order valence-electron chi connectivity index (χ3n) is 4.54. The number of nitrogens with zero attached hydrogens (tertiary/aromatic N) is 2. The molecule has 1 aromatic carbocycles. The molecule has 0 spiro atoms. The second kappa shape index (κ2) is 9.09. The predicted octanol–water partition coefficient (Wildman–Crippen LogP) is 3.07. The number of carbonyl (C=O) groups excluding carboxylic acids is 2. The van der Waals surface area contributed by atoms with Crippen molar-refractivity contribution in [3.8, 4) is 5.75 Å². The summed E-state index contributed by atoms with van der Waals surface area (Å²) >= 11 is 5.84. The van der Waals surface area contributed by atoms with Gasteiger partial charge >= 0.3 is 0 Å². The summed E-state index contributed by atoms with van der Waals surface area (Å²) in [6.45, 7) is 6.13. The fraction of sp³-hybridized carbons (Fsp3) is 0.579. The molecule has 1 fully saturated rings. The lowest BCUT2D eigenvalue weighted by atomic mass is 9.94. The first-order chi connectivity index (χ1) is 11.9. The summed E-state index contributed by atoms with van der Waals surface area (Å²) in [6, 6.07) is 7.17. The van der Waals surface area contributed by atoms with Crippen LogP contribution in [0.15, 0.2) is 24.3 Å². The predicted molar refractivity (Wildman–Crippen MR) is 98.7 cm³/mol. The number of carbonyl (C=O) groups is 2. The molecule has 1 aliphatic heterocycles. The van der Waals surface area contributed by atoms with Crippen LogP contribution in [-0.4, -0.2) is 54.9 Å². The zero-order valence-electron chi connectivity index (χ0n) is 15.2. The van der Waals surface area contributed by atoms with Crippen LogP contribution in [0.1, 0.15) is 26.7 Å². The standard InChI is InChI=1S/C19H27ClN2O3/c1-14(2)18(23)22-10-8-15(9-11-22)19(24)21(3)12-13-25-17-6-4-16(20)5-7-17/h4-7,14-15H,8-13H2,1-3H3. The molecule has 0 N–H and O–H groups in total. The van der Waals surface area contributed by atoms with Crippen molar-refractivity contribution in [2.45, 2.75) is 26.7 Å². The van der Waals surface area contributed by atoms with E-state index in [1.807, 2.05) is 30.9 Å². The molecule has 0 radical (unpaired) electrons. The van der Waals surface area contributed by atoms with Crippen molar-refractivity contribution in [1.82, 2.24) is 9.80 Å². The van der Waals surface area contributed by atoms with Crippen LogP contribution in [0.5, 0.6) is 5.75 Å². The molecule has 1 heterocycles. The van der Waals surface area contributed by atoms with Gasteiger partial charge in [0, 0.05) is 37.0 Å². The summed E-state index contributed by atoms with van der Waals surface area (Å²) in [5, 5.41) is 0.668. The molecule has 0 unspecified atom stereocenters. The Morgan fingerprint density at radius 3 is 2.40 bits per heavy atom. The molecule has 6 heteroatoms. The molecule has 25 heavy (non-hydrogen) atoms. The Morgan fingerprint density at radius 1 is 1.24 bits per heavy atom. The van der Waals surface area contributed by atoms with Gasteiger partial charge in [-0.2, -0.15) is 0 Å². The monoisotopic (exact) mass is 366 g/mol. The molecule has 1 aliphatic rings. The van der Waals surface area contributed by atoms with Crippen molar-refractivity contribution in [3.05, 3.63) is 29.3 Å². The average molecular weight is 367 g/mol. The number of piperidine rings is 1. The molecule has 0 atom stereocenters. The topological polar surface area (TPSA) is 49.9 Å². The number of halogens is 1. The Labute approximate surface area is 154 Å². The summed E-state index contributed by atoms with van der Waals surface area (Å²) in [7, 11) is 1.80. The van der Waals surface area contributed by atoms with Crippen LogP contribution in [0.25, 0.3) is 0 Å². The van der Waals surface area contributed by atoms with Gasteiger partial charge < -0.3 is 14.5 Å². The maximum Gasteiger partial charge on any atom is 0.225 e. The fourth-order valence-electron chi connectivity index (χ4n) is 2.97. The van der Waals surface area contributed by atoms with Gasteiger partial charge in [0.2, 0.25) is 11.8 Å². The Balaban J connectivity index is 1.73. The number of benzene rings is 1. The van der Waals surface area contributed by atoms with Crippen LogP contribution in [0, 0.1) is 11.8 Å². The average Bonchev–Trinajstić information content (AvgIpc) is 2.62. The Kier molecular flexibility index (Phi) is 7.12. The molecule has 0 bridgehead atoms. The first-order valence-corrected chi connectivity index (χ1v) is 9.18. The summed E-state index contributed by atoms with van der Waals surface area (Å²) in [5.74, 6) is 1.06. The van der Waals surface area contributed by atoms with Gasteiger partial charge in [-0.1, -0.05) is 25.4 Å². The Morgan fingerprint density at radius 2 is 1.84 bits per heavy atom. The van der Waals surface area contributed by atoms with Crippen LogP contribution in [-0.2, 0) is 9.59 Å². The first-order valence-electron chi connectivity index (χ1n) is 8.80. The normalized spacial score (nSPS) is 15.3. The number of likely N-dealkylation sites (tertiary alicyclic amines) is 1. The lowest BCUT2D eigenvalue weighted by molar-refractivity contribution is -0.141. The molecule has 1 saturated heterocycles. The van der Waals surface area contributed by atoms with Crippen molar-refractivity contribution in [3.63, 3.8) is 0 Å². The number of ether oxygens (including phenoxy) is 1. The van der Waals surface area contributed by atoms with Gasteiger partial charge in [-0.15, -0.1) is 0 Å². The van der Waals surface area contributed by atoms with Crippen LogP contribution < -0.4 is 4.74 Å². The van der Waals surface area contributed by atoms with E-state index in [1.165, 1.54) is 0 Å². The second-order valence-corrected chi connectivity index (χ2v) is 7.25. The van der Waals surface area contributed by atoms with E-state index in [0.29, 0.717) is 31.3 Å². The lowest BCUT2D eigenvalue weighted by Crippen LogP contribution is -2.45. The van der Waals surface area contributed by atoms with Crippen LogP contribution in [0.4, 0.5) is 0 Å². The maximum atomic E-state index is 12.5. The summed E-state index contributed by atoms with van der Waals surface area (Å²) in [6.07, 6.45) is 1.47. The van der Waals surface area contributed by atoms with E-state index < -0.39 is 0 Å². The van der Waals surface area contributed by atoms with Gasteiger partial charge in [0.05, 0.1) is 6.54 Å². The second-order valence-electron chi connectivity index (χ2n) is 6.82. The quantitative estimate of drug-likeness (QED) is 0.777. The molecule has 0 aromatic heterocycles. The minimum atomic E-state index is -0.00301. The summed E-state index contributed by atoms with van der Waals surface area (Å²) in [4.78, 5) is 28.2. The van der Waals surface area contributed by atoms with E-state index in [4.69, 9.17) is 16.3 Å². The molecule has 2 rings (SSSR count). The molecular formula is C19H27ClN2O3. The van der Waals surface area contributed by atoms with Crippen LogP contribution in [0.2, 0.25) is 5.02 Å². The highest BCUT2D eigenvalue weighted by Crippen LogP contribution is 2.21. The van der Waals surface area contributed by atoms with E-state index in [2.05, 4.69) is 0 Å². The number of amides is 2. The molecule has 1 aromatic rings. The third kappa shape index (κ3) is 5.63. The van der Waals surface area contributed by atoms with Crippen molar-refractivity contribution in [2.24, 2.45) is 11.8 Å². The zero-order valence-corrected chi connectivity index (χ0v) is 16.0. The van der Waals surface area contributed by atoms with E-state index >= 15 is 0 Å². The van der Waals surface area contributed by atoms with Gasteiger partial charge in [-0.05, 0) is 37.1 Å². The van der Waals surface area contributed by atoms with Crippen LogP contribution in [0.3, 0.4) is 0 Å². The van der Waals surface area contributed by atoms with Gasteiger partial charge in [-0.25, -0.2) is 0 Å². The number of hydrogen-bond acceptors (Lipinski definition) is 3. The maximum absolute atomic E-state index is 12.5. The molecule has 5 nitrogen and oxygen atoms in total. The molecule has 0 saturated carbocycles. The minimum Gasteiger partial charge on any atom is -0.492 e. The first kappa shape index (κ1) is 19.6. The minimum absolute atomic E-state index is 0.00301. The number of likely N-dealkylation sites (N-methyl/N-ethyl adjacent to an activating group) is 1. The highest BCUT2D eigenvalue weighted by atomic mass is 35.5. The smallest absolute Gasteiger partial charge is 0.225 e. The van der Waals surface area contributed by atoms with Gasteiger partial charge in [-0.3, -0.25) is 9.59 Å². The Bertz CT molecular complexity index is 581. The SMILES string of the molecule is CC(C)C(=O)N1CCC(C(=O)N(C)CCOc2ccc(Cl)cc2)CC1. The number of hydrogen-bond donors (Lipinski definition) is 0. The van der Waals surface area contributed by atoms with Crippen molar-refractivity contribution in [2.75, 3.05) is 33.3 Å². The van der Waals surface area contributed by atoms with Gasteiger partial charge in [0.25, 0.3) is 0 Å². The van der Waals surface area contributed by atoms with Gasteiger partial charge in [0.15, 0.2) is 0 Å². The zero-order chi connectivity index (χ0) is 18.4.